The number of hydrogen-bond acceptors (Lipinski definition) is 4. The number of aromatic nitrogens is 1. The van der Waals surface area contributed by atoms with Crippen LogP contribution in [0.2, 0.25) is 0 Å². The minimum absolute atomic E-state index is 0.196. The third-order valence-electron chi connectivity index (χ3n) is 2.55. The molecule has 0 saturated carbocycles. The smallest absolute Gasteiger partial charge is 0.180 e. The monoisotopic (exact) mass is 252 g/mol. The molecule has 2 rings (SSSR count). The van der Waals surface area contributed by atoms with Gasteiger partial charge in [-0.1, -0.05) is 29.5 Å². The molecule has 90 valence electrons. The van der Waals surface area contributed by atoms with Gasteiger partial charge in [-0.15, -0.1) is 0 Å². The standard InChI is InChI=1S/C12H13FN2OS/c1-12(16,10-7-15-11(14)17-10)6-8-4-2-3-5-9(8)13/h2-5,7,16H,6H2,1H3,(H2,14,15). The summed E-state index contributed by atoms with van der Waals surface area (Å²) in [5, 5.41) is 10.7. The highest BCUT2D eigenvalue weighted by Gasteiger charge is 2.27. The summed E-state index contributed by atoms with van der Waals surface area (Å²) < 4.78 is 13.5. The zero-order valence-electron chi connectivity index (χ0n) is 9.35. The van der Waals surface area contributed by atoms with Crippen LogP contribution in [0.25, 0.3) is 0 Å². The van der Waals surface area contributed by atoms with E-state index in [2.05, 4.69) is 4.98 Å². The van der Waals surface area contributed by atoms with Gasteiger partial charge >= 0.3 is 0 Å². The van der Waals surface area contributed by atoms with Crippen LogP contribution in [0.1, 0.15) is 17.4 Å². The molecule has 1 unspecified atom stereocenters. The van der Waals surface area contributed by atoms with Crippen LogP contribution in [-0.4, -0.2) is 10.1 Å². The van der Waals surface area contributed by atoms with Crippen LogP contribution in [0.4, 0.5) is 9.52 Å². The lowest BCUT2D eigenvalue weighted by atomic mass is 9.95. The number of halogens is 1. The van der Waals surface area contributed by atoms with Gasteiger partial charge in [0.25, 0.3) is 0 Å². The van der Waals surface area contributed by atoms with Gasteiger partial charge in [0, 0.05) is 12.6 Å². The number of rotatable bonds is 3. The molecule has 0 fully saturated rings. The molecule has 1 atom stereocenters. The number of anilines is 1. The summed E-state index contributed by atoms with van der Waals surface area (Å²) in [5.74, 6) is -0.315. The Morgan fingerprint density at radius 1 is 1.47 bits per heavy atom. The number of aliphatic hydroxyl groups is 1. The normalized spacial score (nSPS) is 14.5. The largest absolute Gasteiger partial charge is 0.384 e. The highest BCUT2D eigenvalue weighted by Crippen LogP contribution is 2.31. The Morgan fingerprint density at radius 3 is 2.76 bits per heavy atom. The summed E-state index contributed by atoms with van der Waals surface area (Å²) in [5.41, 5.74) is 4.84. The van der Waals surface area contributed by atoms with Crippen LogP contribution < -0.4 is 5.73 Å². The average Bonchev–Trinajstić information content (AvgIpc) is 2.69. The fourth-order valence-electron chi connectivity index (χ4n) is 1.64. The molecule has 3 nitrogen and oxygen atoms in total. The van der Waals surface area contributed by atoms with E-state index in [1.165, 1.54) is 23.6 Å². The number of benzene rings is 1. The van der Waals surface area contributed by atoms with Crippen molar-refractivity contribution in [1.82, 2.24) is 4.98 Å². The first-order valence-electron chi connectivity index (χ1n) is 5.16. The highest BCUT2D eigenvalue weighted by molar-refractivity contribution is 7.15. The molecule has 0 spiro atoms. The van der Waals surface area contributed by atoms with E-state index in [4.69, 9.17) is 5.73 Å². The number of nitrogen functional groups attached to an aromatic ring is 1. The molecule has 0 radical (unpaired) electrons. The topological polar surface area (TPSA) is 59.1 Å². The van der Waals surface area contributed by atoms with E-state index < -0.39 is 5.60 Å². The highest BCUT2D eigenvalue weighted by atomic mass is 32.1. The van der Waals surface area contributed by atoms with Crippen molar-refractivity contribution >= 4 is 16.5 Å². The number of thiazole rings is 1. The van der Waals surface area contributed by atoms with Crippen molar-refractivity contribution in [2.24, 2.45) is 0 Å². The first kappa shape index (κ1) is 12.0. The fraction of sp³-hybridized carbons (Fsp3) is 0.250. The van der Waals surface area contributed by atoms with Crippen LogP contribution in [0.5, 0.6) is 0 Å². The second kappa shape index (κ2) is 4.43. The first-order valence-corrected chi connectivity index (χ1v) is 5.98. The molecule has 0 aliphatic carbocycles. The second-order valence-electron chi connectivity index (χ2n) is 4.10. The third kappa shape index (κ3) is 2.62. The van der Waals surface area contributed by atoms with Gasteiger partial charge in [-0.3, -0.25) is 0 Å². The maximum atomic E-state index is 13.5. The van der Waals surface area contributed by atoms with Crippen molar-refractivity contribution < 1.29 is 9.50 Å². The average molecular weight is 252 g/mol. The SMILES string of the molecule is CC(O)(Cc1ccccc1F)c1cnc(N)s1. The van der Waals surface area contributed by atoms with E-state index in [9.17, 15) is 9.50 Å². The quantitative estimate of drug-likeness (QED) is 0.881. The summed E-state index contributed by atoms with van der Waals surface area (Å²) in [6.45, 7) is 1.63. The lowest BCUT2D eigenvalue weighted by Gasteiger charge is -2.21. The van der Waals surface area contributed by atoms with Crippen molar-refractivity contribution in [3.63, 3.8) is 0 Å². The van der Waals surface area contributed by atoms with Gasteiger partial charge in [0.15, 0.2) is 5.13 Å². The summed E-state index contributed by atoms with van der Waals surface area (Å²) in [6, 6.07) is 6.41. The van der Waals surface area contributed by atoms with E-state index in [0.29, 0.717) is 15.6 Å². The van der Waals surface area contributed by atoms with Gasteiger partial charge in [-0.05, 0) is 18.6 Å². The van der Waals surface area contributed by atoms with Gasteiger partial charge in [-0.2, -0.15) is 0 Å². The Kier molecular flexibility index (Phi) is 3.13. The number of nitrogens with two attached hydrogens (primary N) is 1. The molecule has 0 aliphatic rings. The molecule has 5 heteroatoms. The second-order valence-corrected chi connectivity index (χ2v) is 5.17. The molecular formula is C12H13FN2OS. The Balaban J connectivity index is 2.26. The fourth-order valence-corrected chi connectivity index (χ4v) is 2.36. The van der Waals surface area contributed by atoms with Crippen molar-refractivity contribution in [3.8, 4) is 0 Å². The minimum atomic E-state index is -1.16. The van der Waals surface area contributed by atoms with Crippen LogP contribution in [0.3, 0.4) is 0 Å². The Bertz CT molecular complexity index is 525. The van der Waals surface area contributed by atoms with Crippen LogP contribution in [0, 0.1) is 5.82 Å². The molecule has 0 amide bonds. The maximum absolute atomic E-state index is 13.5. The molecule has 3 N–H and O–H groups in total. The van der Waals surface area contributed by atoms with E-state index in [-0.39, 0.29) is 12.2 Å². The zero-order chi connectivity index (χ0) is 12.5. The summed E-state index contributed by atoms with van der Waals surface area (Å²) in [4.78, 5) is 4.53. The third-order valence-corrected chi connectivity index (χ3v) is 3.63. The Hall–Kier alpha value is -1.46. The lowest BCUT2D eigenvalue weighted by molar-refractivity contribution is 0.0603. The molecule has 1 aromatic heterocycles. The van der Waals surface area contributed by atoms with E-state index in [1.54, 1.807) is 25.1 Å². The Labute approximate surface area is 103 Å². The molecule has 1 heterocycles. The van der Waals surface area contributed by atoms with Gasteiger partial charge in [-0.25, -0.2) is 9.37 Å². The molecule has 17 heavy (non-hydrogen) atoms. The predicted octanol–water partition coefficient (Wildman–Crippen LogP) is 2.31. The molecule has 1 aromatic carbocycles. The van der Waals surface area contributed by atoms with Gasteiger partial charge < -0.3 is 10.8 Å². The number of nitrogens with zero attached hydrogens (tertiary/aromatic N) is 1. The molecule has 0 aliphatic heterocycles. The predicted molar refractivity (Wildman–Crippen MR) is 66.2 cm³/mol. The van der Waals surface area contributed by atoms with Crippen LogP contribution >= 0.6 is 11.3 Å². The van der Waals surface area contributed by atoms with Crippen molar-refractivity contribution in [1.29, 1.82) is 0 Å². The van der Waals surface area contributed by atoms with E-state index in [1.807, 2.05) is 0 Å². The maximum Gasteiger partial charge on any atom is 0.180 e. The van der Waals surface area contributed by atoms with Crippen LogP contribution in [0.15, 0.2) is 30.5 Å². The van der Waals surface area contributed by atoms with Crippen molar-refractivity contribution in [2.75, 3.05) is 5.73 Å². The van der Waals surface area contributed by atoms with Gasteiger partial charge in [0.05, 0.1) is 4.88 Å². The van der Waals surface area contributed by atoms with Crippen molar-refractivity contribution in [3.05, 3.63) is 46.7 Å². The molecule has 2 aromatic rings. The zero-order valence-corrected chi connectivity index (χ0v) is 10.2. The summed E-state index contributed by atoms with van der Waals surface area (Å²) >= 11 is 1.21. The van der Waals surface area contributed by atoms with E-state index >= 15 is 0 Å². The Morgan fingerprint density at radius 2 is 2.18 bits per heavy atom. The van der Waals surface area contributed by atoms with Crippen LogP contribution in [-0.2, 0) is 12.0 Å². The molecular weight excluding hydrogens is 239 g/mol. The molecule has 0 bridgehead atoms. The van der Waals surface area contributed by atoms with Gasteiger partial charge in [0.1, 0.15) is 11.4 Å². The summed E-state index contributed by atoms with van der Waals surface area (Å²) in [6.07, 6.45) is 1.72. The number of hydrogen-bond donors (Lipinski definition) is 2. The summed E-state index contributed by atoms with van der Waals surface area (Å²) in [7, 11) is 0. The van der Waals surface area contributed by atoms with Crippen molar-refractivity contribution in [2.45, 2.75) is 18.9 Å². The van der Waals surface area contributed by atoms with Gasteiger partial charge in [0.2, 0.25) is 0 Å². The van der Waals surface area contributed by atoms with E-state index in [0.717, 1.165) is 0 Å². The lowest BCUT2D eigenvalue weighted by Crippen LogP contribution is -2.23. The minimum Gasteiger partial charge on any atom is -0.384 e. The first-order chi connectivity index (χ1) is 7.99. The molecule has 0 saturated heterocycles.